The molecule has 1 saturated heterocycles. The van der Waals surface area contributed by atoms with Crippen molar-refractivity contribution < 1.29 is 24.2 Å². The Kier molecular flexibility index (Phi) is 6.10. The molecule has 2 rings (SSSR count). The van der Waals surface area contributed by atoms with E-state index in [9.17, 15) is 19.5 Å². The van der Waals surface area contributed by atoms with Gasteiger partial charge in [0.1, 0.15) is 4.32 Å². The Morgan fingerprint density at radius 1 is 1.33 bits per heavy atom. The van der Waals surface area contributed by atoms with Gasteiger partial charge < -0.3 is 14.6 Å². The summed E-state index contributed by atoms with van der Waals surface area (Å²) in [5.74, 6) is -1.83. The number of esters is 1. The minimum atomic E-state index is -1.15. The zero-order valence-corrected chi connectivity index (χ0v) is 14.4. The molecule has 126 valence electrons. The van der Waals surface area contributed by atoms with Crippen LogP contribution in [-0.2, 0) is 14.3 Å². The van der Waals surface area contributed by atoms with E-state index in [1.54, 1.807) is 30.3 Å². The quantitative estimate of drug-likeness (QED) is 0.426. The van der Waals surface area contributed by atoms with Gasteiger partial charge in [-0.05, 0) is 36.6 Å². The molecule has 1 aromatic carbocycles. The van der Waals surface area contributed by atoms with Gasteiger partial charge >= 0.3 is 5.97 Å². The molecule has 0 saturated carbocycles. The first-order valence-electron chi connectivity index (χ1n) is 7.06. The summed E-state index contributed by atoms with van der Waals surface area (Å²) in [6.45, 7) is 0.247. The zero-order valence-electron chi connectivity index (χ0n) is 12.8. The van der Waals surface area contributed by atoms with Crippen LogP contribution in [0.3, 0.4) is 0 Å². The standard InChI is InChI=1S/C16H15NO5S2/c1-22-15(21)11-6-4-10(5-7-11)9-12-14(20)17(16(23)24-12)8-2-3-13(18)19/h4-7,9H,2-3,8H2,1H3,(H,18,19)/p-1/b12-9-. The number of methoxy groups -OCH3 is 1. The summed E-state index contributed by atoms with van der Waals surface area (Å²) >= 11 is 6.33. The van der Waals surface area contributed by atoms with Gasteiger partial charge in [0.05, 0.1) is 17.6 Å². The molecule has 0 bridgehead atoms. The van der Waals surface area contributed by atoms with Crippen molar-refractivity contribution in [1.82, 2.24) is 4.90 Å². The molecule has 0 aromatic heterocycles. The van der Waals surface area contributed by atoms with Gasteiger partial charge in [0.25, 0.3) is 5.91 Å². The first kappa shape index (κ1) is 18.2. The number of amides is 1. The highest BCUT2D eigenvalue weighted by molar-refractivity contribution is 8.26. The molecule has 0 aliphatic carbocycles. The Labute approximate surface area is 148 Å². The van der Waals surface area contributed by atoms with E-state index in [1.165, 1.54) is 12.0 Å². The molecule has 1 aromatic rings. The number of hydrogen-bond donors (Lipinski definition) is 0. The van der Waals surface area contributed by atoms with Crippen LogP contribution in [0.5, 0.6) is 0 Å². The number of carbonyl (C=O) groups is 3. The summed E-state index contributed by atoms with van der Waals surface area (Å²) in [6, 6.07) is 6.63. The van der Waals surface area contributed by atoms with E-state index in [-0.39, 0.29) is 25.3 Å². The molecule has 0 spiro atoms. The van der Waals surface area contributed by atoms with Crippen molar-refractivity contribution in [2.75, 3.05) is 13.7 Å². The topological polar surface area (TPSA) is 86.7 Å². The highest BCUT2D eigenvalue weighted by Gasteiger charge is 2.31. The van der Waals surface area contributed by atoms with Crippen LogP contribution in [0.2, 0.25) is 0 Å². The number of hydrogen-bond acceptors (Lipinski definition) is 7. The third-order valence-corrected chi connectivity index (χ3v) is 4.64. The molecular weight excluding hydrogens is 350 g/mol. The Balaban J connectivity index is 2.07. The summed E-state index contributed by atoms with van der Waals surface area (Å²) in [5, 5.41) is 10.4. The molecule has 6 nitrogen and oxygen atoms in total. The lowest BCUT2D eigenvalue weighted by molar-refractivity contribution is -0.305. The van der Waals surface area contributed by atoms with Crippen LogP contribution >= 0.6 is 24.0 Å². The number of carboxylic acid groups (broad SMARTS) is 1. The van der Waals surface area contributed by atoms with Gasteiger partial charge in [0.15, 0.2) is 0 Å². The predicted octanol–water partition coefficient (Wildman–Crippen LogP) is 1.20. The van der Waals surface area contributed by atoms with Gasteiger partial charge in [-0.25, -0.2) is 4.79 Å². The van der Waals surface area contributed by atoms with Crippen LogP contribution in [0.1, 0.15) is 28.8 Å². The van der Waals surface area contributed by atoms with Crippen LogP contribution in [-0.4, -0.2) is 40.7 Å². The van der Waals surface area contributed by atoms with Crippen molar-refractivity contribution in [3.63, 3.8) is 0 Å². The fraction of sp³-hybridized carbons (Fsp3) is 0.250. The van der Waals surface area contributed by atoms with Crippen molar-refractivity contribution in [2.45, 2.75) is 12.8 Å². The summed E-state index contributed by atoms with van der Waals surface area (Å²) < 4.78 is 5.03. The van der Waals surface area contributed by atoms with Crippen molar-refractivity contribution >= 4 is 52.2 Å². The second-order valence-corrected chi connectivity index (χ2v) is 6.60. The van der Waals surface area contributed by atoms with E-state index in [4.69, 9.17) is 12.2 Å². The fourth-order valence-electron chi connectivity index (χ4n) is 2.06. The van der Waals surface area contributed by atoms with E-state index in [0.29, 0.717) is 14.8 Å². The van der Waals surface area contributed by atoms with Gasteiger partial charge in [-0.3, -0.25) is 9.69 Å². The largest absolute Gasteiger partial charge is 0.550 e. The van der Waals surface area contributed by atoms with Gasteiger partial charge in [-0.15, -0.1) is 0 Å². The second kappa shape index (κ2) is 8.07. The number of nitrogens with zero attached hydrogens (tertiary/aromatic N) is 1. The van der Waals surface area contributed by atoms with Crippen LogP contribution in [0.15, 0.2) is 29.2 Å². The van der Waals surface area contributed by atoms with E-state index in [1.807, 2.05) is 0 Å². The number of ether oxygens (including phenoxy) is 1. The molecule has 0 unspecified atom stereocenters. The average molecular weight is 364 g/mol. The van der Waals surface area contributed by atoms with Crippen molar-refractivity contribution in [3.8, 4) is 0 Å². The Morgan fingerprint density at radius 2 is 2.00 bits per heavy atom. The maximum Gasteiger partial charge on any atom is 0.337 e. The van der Waals surface area contributed by atoms with Crippen molar-refractivity contribution in [2.24, 2.45) is 0 Å². The van der Waals surface area contributed by atoms with E-state index in [2.05, 4.69) is 4.74 Å². The smallest absolute Gasteiger partial charge is 0.337 e. The zero-order chi connectivity index (χ0) is 17.7. The lowest BCUT2D eigenvalue weighted by atomic mass is 10.1. The number of carbonyl (C=O) groups excluding carboxylic acids is 3. The molecule has 24 heavy (non-hydrogen) atoms. The van der Waals surface area contributed by atoms with Gasteiger partial charge in [0, 0.05) is 12.5 Å². The van der Waals surface area contributed by atoms with Crippen molar-refractivity contribution in [3.05, 3.63) is 40.3 Å². The number of carboxylic acids is 1. The summed E-state index contributed by atoms with van der Waals surface area (Å²) in [5.41, 5.74) is 1.17. The fourth-order valence-corrected chi connectivity index (χ4v) is 3.37. The lowest BCUT2D eigenvalue weighted by Gasteiger charge is -2.14. The normalized spacial score (nSPS) is 15.9. The monoisotopic (exact) mass is 364 g/mol. The van der Waals surface area contributed by atoms with E-state index < -0.39 is 11.9 Å². The molecule has 1 aliphatic rings. The number of rotatable bonds is 6. The summed E-state index contributed by atoms with van der Waals surface area (Å²) in [7, 11) is 1.31. The number of benzene rings is 1. The lowest BCUT2D eigenvalue weighted by Crippen LogP contribution is -2.30. The highest BCUT2D eigenvalue weighted by atomic mass is 32.2. The minimum Gasteiger partial charge on any atom is -0.550 e. The van der Waals surface area contributed by atoms with Gasteiger partial charge in [0.2, 0.25) is 0 Å². The van der Waals surface area contributed by atoms with Crippen LogP contribution in [0, 0.1) is 0 Å². The second-order valence-electron chi connectivity index (χ2n) is 4.92. The van der Waals surface area contributed by atoms with Crippen LogP contribution < -0.4 is 5.11 Å². The van der Waals surface area contributed by atoms with Crippen molar-refractivity contribution in [1.29, 1.82) is 0 Å². The molecule has 0 N–H and O–H groups in total. The van der Waals surface area contributed by atoms with Gasteiger partial charge in [-0.1, -0.05) is 36.1 Å². The first-order valence-corrected chi connectivity index (χ1v) is 8.28. The molecule has 1 aliphatic heterocycles. The third kappa shape index (κ3) is 4.42. The molecule has 0 atom stereocenters. The summed E-state index contributed by atoms with van der Waals surface area (Å²) in [4.78, 5) is 36.0. The van der Waals surface area contributed by atoms with Gasteiger partial charge in [-0.2, -0.15) is 0 Å². The minimum absolute atomic E-state index is 0.120. The highest BCUT2D eigenvalue weighted by Crippen LogP contribution is 2.32. The SMILES string of the molecule is COC(=O)c1ccc(/C=C2\SC(=S)N(CCCC(=O)[O-])C2=O)cc1. The van der Waals surface area contributed by atoms with E-state index >= 15 is 0 Å². The molecule has 1 heterocycles. The Hall–Kier alpha value is -2.19. The maximum absolute atomic E-state index is 12.3. The molecule has 1 amide bonds. The molecule has 8 heteroatoms. The Bertz CT molecular complexity index is 712. The molecule has 1 fully saturated rings. The Morgan fingerprint density at radius 3 is 2.58 bits per heavy atom. The number of thioether (sulfide) groups is 1. The molecule has 0 radical (unpaired) electrons. The number of thiocarbonyl (C=S) groups is 1. The van der Waals surface area contributed by atoms with E-state index in [0.717, 1.165) is 17.3 Å². The third-order valence-electron chi connectivity index (χ3n) is 3.27. The molecular formula is C16H14NO5S2-. The maximum atomic E-state index is 12.3. The first-order chi connectivity index (χ1) is 11.4. The number of aliphatic carboxylic acids is 1. The van der Waals surface area contributed by atoms with Crippen LogP contribution in [0.25, 0.3) is 6.08 Å². The summed E-state index contributed by atoms with van der Waals surface area (Å²) in [6.07, 6.45) is 1.85. The average Bonchev–Trinajstić information content (AvgIpc) is 2.82. The predicted molar refractivity (Wildman–Crippen MR) is 91.9 cm³/mol. The van der Waals surface area contributed by atoms with Crippen LogP contribution in [0.4, 0.5) is 0 Å².